The standard InChI is InChI=1S/C38H63NO6.H2/c1-7-8-9-10-31(40)39-19-20-43-32(22-39)45-30-15-16-38-23-37(38)18-17-36(6)25-11-13-27(33(41)35(4,5)42)44-28(25)21-26(36)24(37)12-14-29(38)34(30,2)3;/h24-30,32-33,41-42H,7-23H2,1-6H3;1H/t24?,25?,26?,27?,28?,29?,30-,32?,33-,36?,37?,38?;/m0./s1. The van der Waals surface area contributed by atoms with E-state index < -0.39 is 11.7 Å². The number of hydrogen-bond acceptors (Lipinski definition) is 6. The Hall–Kier alpha value is -0.730. The van der Waals surface area contributed by atoms with Crippen molar-refractivity contribution >= 4 is 5.91 Å². The molecule has 0 aromatic carbocycles. The van der Waals surface area contributed by atoms with Crippen LogP contribution in [0.3, 0.4) is 0 Å². The van der Waals surface area contributed by atoms with Crippen LogP contribution in [0.1, 0.15) is 133 Å². The maximum absolute atomic E-state index is 12.9. The van der Waals surface area contributed by atoms with Crippen molar-refractivity contribution in [3.8, 4) is 0 Å². The van der Waals surface area contributed by atoms with Crippen LogP contribution < -0.4 is 0 Å². The summed E-state index contributed by atoms with van der Waals surface area (Å²) >= 11 is 0. The highest BCUT2D eigenvalue weighted by molar-refractivity contribution is 5.76. The second-order valence-corrected chi connectivity index (χ2v) is 18.2. The van der Waals surface area contributed by atoms with E-state index in [1.807, 2.05) is 4.90 Å². The van der Waals surface area contributed by atoms with Crippen LogP contribution in [0, 0.1) is 45.3 Å². The second kappa shape index (κ2) is 11.4. The van der Waals surface area contributed by atoms with Crippen LogP contribution in [0.4, 0.5) is 0 Å². The van der Waals surface area contributed by atoms with Crippen LogP contribution in [0.25, 0.3) is 0 Å². The van der Waals surface area contributed by atoms with Crippen molar-refractivity contribution in [1.29, 1.82) is 0 Å². The van der Waals surface area contributed by atoms with Crippen molar-refractivity contribution < 1.29 is 30.6 Å². The van der Waals surface area contributed by atoms with E-state index in [2.05, 4.69) is 27.7 Å². The molecule has 12 atom stereocenters. The lowest BCUT2D eigenvalue weighted by atomic mass is 9.46. The number of aliphatic hydroxyl groups is 2. The highest BCUT2D eigenvalue weighted by Gasteiger charge is 2.80. The van der Waals surface area contributed by atoms with Crippen LogP contribution in [-0.2, 0) is 19.0 Å². The number of aliphatic hydroxyl groups excluding tert-OH is 1. The molecular formula is C38H65NO6. The molecule has 0 aromatic heterocycles. The first-order valence-electron chi connectivity index (χ1n) is 18.9. The molecule has 2 N–H and O–H groups in total. The molecule has 10 unspecified atom stereocenters. The van der Waals surface area contributed by atoms with Gasteiger partial charge in [-0.05, 0) is 130 Å². The van der Waals surface area contributed by atoms with E-state index in [0.717, 1.165) is 50.9 Å². The number of rotatable bonds is 8. The van der Waals surface area contributed by atoms with Gasteiger partial charge in [0.15, 0.2) is 6.29 Å². The van der Waals surface area contributed by atoms with Gasteiger partial charge in [0.2, 0.25) is 5.91 Å². The summed E-state index contributed by atoms with van der Waals surface area (Å²) in [6.07, 6.45) is 14.9. The van der Waals surface area contributed by atoms with Gasteiger partial charge in [0, 0.05) is 14.4 Å². The van der Waals surface area contributed by atoms with Crippen molar-refractivity contribution in [1.82, 2.24) is 4.90 Å². The van der Waals surface area contributed by atoms with Gasteiger partial charge in [0.05, 0.1) is 37.1 Å². The average molecular weight is 632 g/mol. The Kier molecular flexibility index (Phi) is 8.33. The van der Waals surface area contributed by atoms with E-state index in [0.29, 0.717) is 60.1 Å². The molecule has 2 heterocycles. The first kappa shape index (κ1) is 32.8. The van der Waals surface area contributed by atoms with Gasteiger partial charge in [-0.15, -0.1) is 0 Å². The highest BCUT2D eigenvalue weighted by Crippen LogP contribution is 2.87. The summed E-state index contributed by atoms with van der Waals surface area (Å²) in [5, 5.41) is 21.4. The second-order valence-electron chi connectivity index (χ2n) is 18.2. The first-order chi connectivity index (χ1) is 21.3. The normalized spacial score (nSPS) is 47.5. The third-order valence-corrected chi connectivity index (χ3v) is 15.3. The molecule has 2 aliphatic heterocycles. The Morgan fingerprint density at radius 1 is 1.02 bits per heavy atom. The van der Waals surface area contributed by atoms with Gasteiger partial charge in [0.25, 0.3) is 0 Å². The molecule has 7 heteroatoms. The summed E-state index contributed by atoms with van der Waals surface area (Å²) in [5.74, 6) is 2.98. The Morgan fingerprint density at radius 2 is 1.80 bits per heavy atom. The lowest BCUT2D eigenvalue weighted by Crippen LogP contribution is -2.56. The summed E-state index contributed by atoms with van der Waals surface area (Å²) < 4.78 is 19.6. The molecule has 7 rings (SSSR count). The van der Waals surface area contributed by atoms with Crippen molar-refractivity contribution in [3.63, 3.8) is 0 Å². The quantitative estimate of drug-likeness (QED) is 0.289. The number of ether oxygens (including phenoxy) is 3. The minimum Gasteiger partial charge on any atom is -0.388 e. The zero-order valence-electron chi connectivity index (χ0n) is 29.2. The smallest absolute Gasteiger partial charge is 0.222 e. The zero-order chi connectivity index (χ0) is 32.0. The lowest BCUT2D eigenvalue weighted by Gasteiger charge is -2.60. The Morgan fingerprint density at radius 3 is 2.56 bits per heavy atom. The monoisotopic (exact) mass is 631 g/mol. The molecule has 0 bridgehead atoms. The van der Waals surface area contributed by atoms with Gasteiger partial charge < -0.3 is 29.3 Å². The van der Waals surface area contributed by atoms with E-state index in [1.165, 1.54) is 38.5 Å². The number of hydrogen-bond donors (Lipinski definition) is 2. The van der Waals surface area contributed by atoms with E-state index in [1.54, 1.807) is 13.8 Å². The number of carbonyl (C=O) groups is 1. The van der Waals surface area contributed by atoms with Crippen molar-refractivity contribution in [2.75, 3.05) is 19.7 Å². The molecule has 0 radical (unpaired) electrons. The van der Waals surface area contributed by atoms with Crippen molar-refractivity contribution in [2.24, 2.45) is 45.3 Å². The number of morpholine rings is 1. The van der Waals surface area contributed by atoms with Gasteiger partial charge >= 0.3 is 0 Å². The average Bonchev–Trinajstić information content (AvgIpc) is 3.57. The summed E-state index contributed by atoms with van der Waals surface area (Å²) in [6.45, 7) is 14.9. The number of carbonyl (C=O) groups excluding carboxylic acids is 1. The van der Waals surface area contributed by atoms with Crippen molar-refractivity contribution in [3.05, 3.63) is 0 Å². The zero-order valence-corrected chi connectivity index (χ0v) is 29.2. The predicted octanol–water partition coefficient (Wildman–Crippen LogP) is 6.72. The minimum absolute atomic E-state index is 0. The first-order valence-corrected chi connectivity index (χ1v) is 18.9. The molecule has 0 aromatic rings. The molecule has 1 amide bonds. The SMILES string of the molecule is CCCCCC(=O)N1CCOC(O[C@H]2CCC34CC35CCC3(C)C6CCC([C@H](O)C(C)(C)O)OC6CC3C5CCC4C2(C)C)C1.[HH]. The van der Waals surface area contributed by atoms with Gasteiger partial charge in [-0.25, -0.2) is 0 Å². The molecule has 5 saturated carbocycles. The topological polar surface area (TPSA) is 88.5 Å². The fourth-order valence-corrected chi connectivity index (χ4v) is 13.0. The maximum atomic E-state index is 12.9. The summed E-state index contributed by atoms with van der Waals surface area (Å²) in [7, 11) is 0. The Balaban J connectivity index is 0.00000372. The number of fused-ring (bicyclic) bond motifs is 4. The van der Waals surface area contributed by atoms with Gasteiger partial charge in [0.1, 0.15) is 6.10 Å². The van der Waals surface area contributed by atoms with Gasteiger partial charge in [-0.2, -0.15) is 0 Å². The largest absolute Gasteiger partial charge is 0.388 e. The molecule has 5 aliphatic carbocycles. The molecule has 2 saturated heterocycles. The molecule has 258 valence electrons. The summed E-state index contributed by atoms with van der Waals surface area (Å²) in [6, 6.07) is 0. The minimum atomic E-state index is -1.14. The molecular weight excluding hydrogens is 566 g/mol. The molecule has 45 heavy (non-hydrogen) atoms. The van der Waals surface area contributed by atoms with Crippen LogP contribution >= 0.6 is 0 Å². The highest BCUT2D eigenvalue weighted by atomic mass is 16.7. The number of amides is 1. The number of unbranched alkanes of at least 4 members (excludes halogenated alkanes) is 2. The lowest BCUT2D eigenvalue weighted by molar-refractivity contribution is -0.244. The Labute approximate surface area is 274 Å². The summed E-state index contributed by atoms with van der Waals surface area (Å²) in [4.78, 5) is 14.8. The third kappa shape index (κ3) is 5.09. The van der Waals surface area contributed by atoms with Crippen LogP contribution in [0.2, 0.25) is 0 Å². The number of nitrogens with zero attached hydrogens (tertiary/aromatic N) is 1. The van der Waals surface area contributed by atoms with E-state index in [-0.39, 0.29) is 37.4 Å². The molecule has 2 spiro atoms. The van der Waals surface area contributed by atoms with E-state index >= 15 is 0 Å². The maximum Gasteiger partial charge on any atom is 0.222 e. The van der Waals surface area contributed by atoms with E-state index in [9.17, 15) is 15.0 Å². The van der Waals surface area contributed by atoms with Crippen LogP contribution in [0.5, 0.6) is 0 Å². The molecule has 7 aliphatic rings. The summed E-state index contributed by atoms with van der Waals surface area (Å²) in [5.41, 5.74) is 0.195. The van der Waals surface area contributed by atoms with Gasteiger partial charge in [-0.1, -0.05) is 40.5 Å². The van der Waals surface area contributed by atoms with Gasteiger partial charge in [-0.3, -0.25) is 4.79 Å². The predicted molar refractivity (Wildman–Crippen MR) is 175 cm³/mol. The fraction of sp³-hybridized carbons (Fsp3) is 0.974. The Bertz CT molecular complexity index is 1130. The fourth-order valence-electron chi connectivity index (χ4n) is 13.0. The molecule has 7 nitrogen and oxygen atoms in total. The van der Waals surface area contributed by atoms with E-state index in [4.69, 9.17) is 14.2 Å². The van der Waals surface area contributed by atoms with Crippen molar-refractivity contribution in [2.45, 2.75) is 168 Å². The third-order valence-electron chi connectivity index (χ3n) is 15.3. The molecule has 7 fully saturated rings. The van der Waals surface area contributed by atoms with Crippen LogP contribution in [-0.4, -0.2) is 77.0 Å². The van der Waals surface area contributed by atoms with Crippen LogP contribution in [0.15, 0.2) is 0 Å².